The molecule has 0 rings (SSSR count). The SMILES string of the molecule is C=CCOC(=O)[C@@H](O)CN(C(C)C)S(C)(=O)=O. The van der Waals surface area contributed by atoms with Crippen LogP contribution in [0.3, 0.4) is 0 Å². The summed E-state index contributed by atoms with van der Waals surface area (Å²) in [4.78, 5) is 11.2. The zero-order valence-electron chi connectivity index (χ0n) is 10.3. The van der Waals surface area contributed by atoms with Gasteiger partial charge < -0.3 is 9.84 Å². The predicted molar refractivity (Wildman–Crippen MR) is 63.8 cm³/mol. The van der Waals surface area contributed by atoms with E-state index in [0.717, 1.165) is 10.6 Å². The van der Waals surface area contributed by atoms with Gasteiger partial charge in [-0.2, -0.15) is 4.31 Å². The fourth-order valence-electron chi connectivity index (χ4n) is 1.21. The molecule has 100 valence electrons. The third kappa shape index (κ3) is 5.81. The Balaban J connectivity index is 4.57. The summed E-state index contributed by atoms with van der Waals surface area (Å²) in [6, 6.07) is -0.341. The highest BCUT2D eigenvalue weighted by molar-refractivity contribution is 7.88. The lowest BCUT2D eigenvalue weighted by atomic mass is 10.3. The van der Waals surface area contributed by atoms with Crippen LogP contribution in [0.25, 0.3) is 0 Å². The first kappa shape index (κ1) is 16.1. The number of carbonyl (C=O) groups excluding carboxylic acids is 1. The zero-order chi connectivity index (χ0) is 13.6. The first-order chi connectivity index (χ1) is 7.70. The van der Waals surface area contributed by atoms with E-state index in [-0.39, 0.29) is 19.2 Å². The standard InChI is InChI=1S/C10H19NO5S/c1-5-6-16-10(13)9(12)7-11(8(2)3)17(4,14)15/h5,8-9,12H,1,6-7H2,2-4H3/t9-/m0/s1. The van der Waals surface area contributed by atoms with Gasteiger partial charge in [0.1, 0.15) is 6.61 Å². The molecule has 0 aliphatic heterocycles. The average Bonchev–Trinajstić information content (AvgIpc) is 2.19. The Labute approximate surface area is 102 Å². The summed E-state index contributed by atoms with van der Waals surface area (Å²) in [5.41, 5.74) is 0. The molecule has 0 amide bonds. The van der Waals surface area contributed by atoms with E-state index in [9.17, 15) is 18.3 Å². The number of ether oxygens (including phenoxy) is 1. The van der Waals surface area contributed by atoms with Gasteiger partial charge in [-0.25, -0.2) is 13.2 Å². The summed E-state index contributed by atoms with van der Waals surface area (Å²) >= 11 is 0. The first-order valence-electron chi connectivity index (χ1n) is 5.12. The number of aliphatic hydroxyl groups excluding tert-OH is 1. The second-order valence-corrected chi connectivity index (χ2v) is 5.80. The molecule has 6 nitrogen and oxygen atoms in total. The highest BCUT2D eigenvalue weighted by Crippen LogP contribution is 2.07. The molecule has 0 aromatic carbocycles. The van der Waals surface area contributed by atoms with Crippen molar-refractivity contribution >= 4 is 16.0 Å². The predicted octanol–water partition coefficient (Wildman–Crippen LogP) is -0.254. The molecule has 1 atom stereocenters. The van der Waals surface area contributed by atoms with Crippen LogP contribution in [0.5, 0.6) is 0 Å². The van der Waals surface area contributed by atoms with Crippen molar-refractivity contribution in [1.29, 1.82) is 0 Å². The third-order valence-corrected chi connectivity index (χ3v) is 3.39. The maximum Gasteiger partial charge on any atom is 0.336 e. The van der Waals surface area contributed by atoms with Gasteiger partial charge >= 0.3 is 5.97 Å². The lowest BCUT2D eigenvalue weighted by molar-refractivity contribution is -0.152. The van der Waals surface area contributed by atoms with Gasteiger partial charge in [0.2, 0.25) is 10.0 Å². The molecule has 0 spiro atoms. The van der Waals surface area contributed by atoms with E-state index in [4.69, 9.17) is 0 Å². The molecule has 17 heavy (non-hydrogen) atoms. The van der Waals surface area contributed by atoms with E-state index in [0.29, 0.717) is 0 Å². The van der Waals surface area contributed by atoms with Crippen LogP contribution < -0.4 is 0 Å². The van der Waals surface area contributed by atoms with E-state index in [1.165, 1.54) is 6.08 Å². The maximum absolute atomic E-state index is 11.4. The number of rotatable bonds is 7. The van der Waals surface area contributed by atoms with Crippen molar-refractivity contribution in [3.63, 3.8) is 0 Å². The van der Waals surface area contributed by atoms with Crippen LogP contribution in [0, 0.1) is 0 Å². The third-order valence-electron chi connectivity index (χ3n) is 1.97. The summed E-state index contributed by atoms with van der Waals surface area (Å²) in [5, 5.41) is 9.51. The van der Waals surface area contributed by atoms with Gasteiger partial charge in [0.05, 0.1) is 12.8 Å². The van der Waals surface area contributed by atoms with Crippen molar-refractivity contribution in [3.8, 4) is 0 Å². The van der Waals surface area contributed by atoms with Crippen molar-refractivity contribution in [3.05, 3.63) is 12.7 Å². The number of carbonyl (C=O) groups is 1. The summed E-state index contributed by atoms with van der Waals surface area (Å²) in [6.07, 6.45) is 0.892. The quantitative estimate of drug-likeness (QED) is 0.507. The summed E-state index contributed by atoms with van der Waals surface area (Å²) in [6.45, 7) is 6.34. The van der Waals surface area contributed by atoms with Gasteiger partial charge in [0.15, 0.2) is 6.10 Å². The molecule has 0 aromatic heterocycles. The minimum Gasteiger partial charge on any atom is -0.460 e. The number of hydrogen-bond acceptors (Lipinski definition) is 5. The van der Waals surface area contributed by atoms with Crippen molar-refractivity contribution in [1.82, 2.24) is 4.31 Å². The number of aliphatic hydroxyl groups is 1. The van der Waals surface area contributed by atoms with Gasteiger partial charge in [-0.1, -0.05) is 12.7 Å². The Morgan fingerprint density at radius 2 is 2.06 bits per heavy atom. The van der Waals surface area contributed by atoms with Crippen molar-refractivity contribution in [2.75, 3.05) is 19.4 Å². The molecule has 0 aliphatic rings. The van der Waals surface area contributed by atoms with Gasteiger partial charge in [0, 0.05) is 6.04 Å². The molecule has 1 N–H and O–H groups in total. The molecule has 0 fully saturated rings. The van der Waals surface area contributed by atoms with Crippen molar-refractivity contribution in [2.24, 2.45) is 0 Å². The van der Waals surface area contributed by atoms with Gasteiger partial charge in [-0.15, -0.1) is 0 Å². The first-order valence-corrected chi connectivity index (χ1v) is 6.97. The average molecular weight is 265 g/mol. The van der Waals surface area contributed by atoms with Gasteiger partial charge in [-0.3, -0.25) is 0 Å². The summed E-state index contributed by atoms with van der Waals surface area (Å²) < 4.78 is 28.4. The largest absolute Gasteiger partial charge is 0.460 e. The monoisotopic (exact) mass is 265 g/mol. The lowest BCUT2D eigenvalue weighted by Gasteiger charge is -2.25. The fraction of sp³-hybridized carbons (Fsp3) is 0.700. The molecule has 0 unspecified atom stereocenters. The highest BCUT2D eigenvalue weighted by atomic mass is 32.2. The van der Waals surface area contributed by atoms with E-state index in [1.54, 1.807) is 13.8 Å². The van der Waals surface area contributed by atoms with Crippen LogP contribution in [0.1, 0.15) is 13.8 Å². The number of esters is 1. The van der Waals surface area contributed by atoms with E-state index < -0.39 is 22.1 Å². The second-order valence-electron chi connectivity index (χ2n) is 3.86. The molecule has 0 bridgehead atoms. The zero-order valence-corrected chi connectivity index (χ0v) is 11.1. The molecule has 7 heteroatoms. The van der Waals surface area contributed by atoms with Crippen LogP contribution in [0.2, 0.25) is 0 Å². The molecular formula is C10H19NO5S. The highest BCUT2D eigenvalue weighted by Gasteiger charge is 2.27. The van der Waals surface area contributed by atoms with E-state index in [1.807, 2.05) is 0 Å². The molecule has 0 radical (unpaired) electrons. The van der Waals surface area contributed by atoms with E-state index >= 15 is 0 Å². The van der Waals surface area contributed by atoms with Gasteiger partial charge in [-0.05, 0) is 13.8 Å². The van der Waals surface area contributed by atoms with Crippen LogP contribution in [0.15, 0.2) is 12.7 Å². The smallest absolute Gasteiger partial charge is 0.336 e. The molecular weight excluding hydrogens is 246 g/mol. The number of sulfonamides is 1. The Morgan fingerprint density at radius 1 is 1.53 bits per heavy atom. The second kappa shape index (κ2) is 6.73. The molecule has 0 heterocycles. The number of nitrogens with zero attached hydrogens (tertiary/aromatic N) is 1. The van der Waals surface area contributed by atoms with Crippen LogP contribution in [0.4, 0.5) is 0 Å². The van der Waals surface area contributed by atoms with Crippen molar-refractivity contribution in [2.45, 2.75) is 26.0 Å². The molecule has 0 saturated carbocycles. The Hall–Kier alpha value is -0.920. The van der Waals surface area contributed by atoms with Crippen LogP contribution in [-0.2, 0) is 19.6 Å². The van der Waals surface area contributed by atoms with Crippen LogP contribution in [-0.4, -0.2) is 55.4 Å². The molecule has 0 aromatic rings. The maximum atomic E-state index is 11.4. The minimum atomic E-state index is -3.47. The Bertz CT molecular complexity index is 363. The Kier molecular flexibility index (Phi) is 6.36. The van der Waals surface area contributed by atoms with Gasteiger partial charge in [0.25, 0.3) is 0 Å². The van der Waals surface area contributed by atoms with E-state index in [2.05, 4.69) is 11.3 Å². The fourth-order valence-corrected chi connectivity index (χ4v) is 2.39. The van der Waals surface area contributed by atoms with Crippen molar-refractivity contribution < 1.29 is 23.1 Å². The minimum absolute atomic E-state index is 0.0174. The summed E-state index contributed by atoms with van der Waals surface area (Å²) in [7, 11) is -3.47. The molecule has 0 saturated heterocycles. The summed E-state index contributed by atoms with van der Waals surface area (Å²) in [5.74, 6) is -0.862. The number of hydrogen-bond donors (Lipinski definition) is 1. The lowest BCUT2D eigenvalue weighted by Crippen LogP contribution is -2.44. The topological polar surface area (TPSA) is 83.9 Å². The normalized spacial score (nSPS) is 13.8. The van der Waals surface area contributed by atoms with Crippen LogP contribution >= 0.6 is 0 Å². The molecule has 0 aliphatic carbocycles. The Morgan fingerprint density at radius 3 is 2.41 bits per heavy atom.